The molecule has 6 heteroatoms. The largest absolute Gasteiger partial charge is 0.465 e. The molecule has 3 rings (SSSR count). The van der Waals surface area contributed by atoms with Crippen molar-refractivity contribution in [3.63, 3.8) is 0 Å². The lowest BCUT2D eigenvalue weighted by Gasteiger charge is -2.32. The van der Waals surface area contributed by atoms with Gasteiger partial charge in [-0.1, -0.05) is 24.3 Å². The molecule has 1 aliphatic rings. The highest BCUT2D eigenvalue weighted by molar-refractivity contribution is 5.98. The fourth-order valence-electron chi connectivity index (χ4n) is 3.55. The quantitative estimate of drug-likeness (QED) is 0.731. The van der Waals surface area contributed by atoms with Gasteiger partial charge in [-0.05, 0) is 55.5 Å². The van der Waals surface area contributed by atoms with E-state index in [0.717, 1.165) is 35.3 Å². The van der Waals surface area contributed by atoms with E-state index in [2.05, 4.69) is 11.4 Å². The first-order valence-electron chi connectivity index (χ1n) is 9.93. The van der Waals surface area contributed by atoms with Crippen molar-refractivity contribution in [1.29, 1.82) is 5.26 Å². The van der Waals surface area contributed by atoms with Crippen LogP contribution < -0.4 is 10.2 Å². The van der Waals surface area contributed by atoms with Gasteiger partial charge in [0.1, 0.15) is 6.54 Å². The molecule has 2 aromatic carbocycles. The fourth-order valence-corrected chi connectivity index (χ4v) is 3.55. The van der Waals surface area contributed by atoms with E-state index in [9.17, 15) is 9.59 Å². The van der Waals surface area contributed by atoms with Gasteiger partial charge in [0.05, 0.1) is 29.6 Å². The fraction of sp³-hybridized carbons (Fsp3) is 0.348. The minimum atomic E-state index is -0.320. The van der Waals surface area contributed by atoms with Crippen LogP contribution in [0.25, 0.3) is 0 Å². The number of anilines is 2. The van der Waals surface area contributed by atoms with Crippen LogP contribution in [0.5, 0.6) is 0 Å². The second kappa shape index (κ2) is 9.74. The van der Waals surface area contributed by atoms with E-state index < -0.39 is 0 Å². The number of esters is 1. The zero-order chi connectivity index (χ0) is 20.6. The van der Waals surface area contributed by atoms with Crippen molar-refractivity contribution in [2.75, 3.05) is 29.9 Å². The van der Waals surface area contributed by atoms with Crippen LogP contribution in [-0.2, 0) is 27.2 Å². The van der Waals surface area contributed by atoms with E-state index in [0.29, 0.717) is 31.6 Å². The van der Waals surface area contributed by atoms with Crippen molar-refractivity contribution < 1.29 is 14.3 Å². The number of rotatable bonds is 7. The lowest BCUT2D eigenvalue weighted by molar-refractivity contribution is -0.140. The zero-order valence-corrected chi connectivity index (χ0v) is 16.6. The predicted molar refractivity (Wildman–Crippen MR) is 112 cm³/mol. The lowest BCUT2D eigenvalue weighted by atomic mass is 9.99. The van der Waals surface area contributed by atoms with Crippen LogP contribution in [0.3, 0.4) is 0 Å². The Morgan fingerprint density at radius 3 is 2.72 bits per heavy atom. The first-order valence-corrected chi connectivity index (χ1v) is 9.93. The van der Waals surface area contributed by atoms with Gasteiger partial charge in [-0.25, -0.2) is 0 Å². The molecular weight excluding hydrogens is 366 g/mol. The number of fused-ring (bicyclic) bond motifs is 1. The van der Waals surface area contributed by atoms with E-state index in [4.69, 9.17) is 10.00 Å². The number of ether oxygens (including phenoxy) is 1. The molecule has 0 aliphatic carbocycles. The molecule has 29 heavy (non-hydrogen) atoms. The van der Waals surface area contributed by atoms with Crippen molar-refractivity contribution in [2.45, 2.75) is 32.6 Å². The SMILES string of the molecule is CCOC(=O)CNc1cccc2c1N(C(=O)CCc1ccc(C#N)cc1)CCC2. The maximum Gasteiger partial charge on any atom is 0.325 e. The number of nitrogens with zero attached hydrogens (tertiary/aromatic N) is 2. The molecule has 0 radical (unpaired) electrons. The Morgan fingerprint density at radius 2 is 2.00 bits per heavy atom. The van der Waals surface area contributed by atoms with Gasteiger partial charge in [-0.3, -0.25) is 9.59 Å². The molecule has 0 saturated heterocycles. The Balaban J connectivity index is 1.71. The van der Waals surface area contributed by atoms with Gasteiger partial charge in [0, 0.05) is 13.0 Å². The van der Waals surface area contributed by atoms with Gasteiger partial charge in [0.15, 0.2) is 0 Å². The van der Waals surface area contributed by atoms with Gasteiger partial charge >= 0.3 is 5.97 Å². The van der Waals surface area contributed by atoms with Crippen molar-refractivity contribution in [3.8, 4) is 6.07 Å². The van der Waals surface area contributed by atoms with Crippen LogP contribution in [-0.4, -0.2) is 31.6 Å². The van der Waals surface area contributed by atoms with Crippen LogP contribution >= 0.6 is 0 Å². The van der Waals surface area contributed by atoms with Crippen molar-refractivity contribution >= 4 is 23.3 Å². The summed E-state index contributed by atoms with van der Waals surface area (Å²) in [5, 5.41) is 12.0. The minimum absolute atomic E-state index is 0.0562. The molecule has 0 saturated carbocycles. The summed E-state index contributed by atoms with van der Waals surface area (Å²) in [7, 11) is 0. The molecule has 1 amide bonds. The number of nitrogens with one attached hydrogen (secondary N) is 1. The first-order chi connectivity index (χ1) is 14.1. The highest BCUT2D eigenvalue weighted by atomic mass is 16.5. The molecule has 0 aromatic heterocycles. The van der Waals surface area contributed by atoms with Crippen molar-refractivity contribution in [1.82, 2.24) is 0 Å². The summed E-state index contributed by atoms with van der Waals surface area (Å²) in [6, 6.07) is 15.3. The highest BCUT2D eigenvalue weighted by Gasteiger charge is 2.25. The molecule has 2 aromatic rings. The van der Waals surface area contributed by atoms with Crippen LogP contribution in [0, 0.1) is 11.3 Å². The average Bonchev–Trinajstić information content (AvgIpc) is 2.76. The Kier molecular flexibility index (Phi) is 6.85. The number of hydrogen-bond donors (Lipinski definition) is 1. The maximum atomic E-state index is 13.0. The van der Waals surface area contributed by atoms with E-state index in [1.54, 1.807) is 19.1 Å². The van der Waals surface area contributed by atoms with Gasteiger partial charge in [0.2, 0.25) is 5.91 Å². The Morgan fingerprint density at radius 1 is 1.21 bits per heavy atom. The zero-order valence-electron chi connectivity index (χ0n) is 16.6. The summed E-state index contributed by atoms with van der Waals surface area (Å²) in [6.07, 6.45) is 2.83. The van der Waals surface area contributed by atoms with Crippen molar-refractivity contribution in [3.05, 3.63) is 59.2 Å². The van der Waals surface area contributed by atoms with E-state index in [1.807, 2.05) is 35.2 Å². The van der Waals surface area contributed by atoms with Gasteiger partial charge in [-0.2, -0.15) is 5.26 Å². The van der Waals surface area contributed by atoms with Crippen LogP contribution in [0.4, 0.5) is 11.4 Å². The third-order valence-electron chi connectivity index (χ3n) is 4.96. The van der Waals surface area contributed by atoms with Crippen LogP contribution in [0.15, 0.2) is 42.5 Å². The summed E-state index contributed by atoms with van der Waals surface area (Å²) in [5.41, 5.74) is 4.40. The number of amides is 1. The second-order valence-electron chi connectivity index (χ2n) is 6.93. The lowest BCUT2D eigenvalue weighted by Crippen LogP contribution is -2.36. The van der Waals surface area contributed by atoms with E-state index >= 15 is 0 Å². The number of aryl methyl sites for hydroxylation is 2. The first kappa shape index (κ1) is 20.4. The molecule has 150 valence electrons. The average molecular weight is 391 g/mol. The smallest absolute Gasteiger partial charge is 0.325 e. The molecule has 0 unspecified atom stereocenters. The number of nitriles is 1. The number of carbonyl (C=O) groups is 2. The molecule has 1 aliphatic heterocycles. The van der Waals surface area contributed by atoms with Crippen molar-refractivity contribution in [2.24, 2.45) is 0 Å². The van der Waals surface area contributed by atoms with E-state index in [1.165, 1.54) is 0 Å². The maximum absolute atomic E-state index is 13.0. The Labute approximate surface area is 171 Å². The highest BCUT2D eigenvalue weighted by Crippen LogP contribution is 2.35. The molecule has 0 bridgehead atoms. The summed E-state index contributed by atoms with van der Waals surface area (Å²) < 4.78 is 4.98. The molecule has 6 nitrogen and oxygen atoms in total. The molecule has 0 fully saturated rings. The van der Waals surface area contributed by atoms with E-state index in [-0.39, 0.29) is 18.4 Å². The third kappa shape index (κ3) is 5.14. The predicted octanol–water partition coefficient (Wildman–Crippen LogP) is 3.45. The van der Waals surface area contributed by atoms with Gasteiger partial charge < -0.3 is 15.0 Å². The number of benzene rings is 2. The second-order valence-corrected chi connectivity index (χ2v) is 6.93. The topological polar surface area (TPSA) is 82.4 Å². The minimum Gasteiger partial charge on any atom is -0.465 e. The molecule has 0 atom stereocenters. The van der Waals surface area contributed by atoms with Crippen LogP contribution in [0.1, 0.15) is 36.5 Å². The van der Waals surface area contributed by atoms with Crippen LogP contribution in [0.2, 0.25) is 0 Å². The normalized spacial score (nSPS) is 12.6. The standard InChI is InChI=1S/C23H25N3O3/c1-2-29-22(28)16-25-20-7-3-5-19-6-4-14-26(23(19)20)21(27)13-12-17-8-10-18(15-24)11-9-17/h3,5,7-11,25H,2,4,6,12-14,16H2,1H3. The summed E-state index contributed by atoms with van der Waals surface area (Å²) in [5.74, 6) is -0.264. The third-order valence-corrected chi connectivity index (χ3v) is 4.96. The molecular formula is C23H25N3O3. The Hall–Kier alpha value is -3.33. The number of para-hydroxylation sites is 1. The number of carbonyl (C=O) groups excluding carboxylic acids is 2. The summed E-state index contributed by atoms with van der Waals surface area (Å²) in [4.78, 5) is 26.6. The number of hydrogen-bond acceptors (Lipinski definition) is 5. The monoisotopic (exact) mass is 391 g/mol. The molecule has 1 N–H and O–H groups in total. The summed E-state index contributed by atoms with van der Waals surface area (Å²) in [6.45, 7) is 2.85. The Bertz CT molecular complexity index is 916. The molecule has 1 heterocycles. The van der Waals surface area contributed by atoms with Gasteiger partial charge in [-0.15, -0.1) is 0 Å². The summed E-state index contributed by atoms with van der Waals surface area (Å²) >= 11 is 0. The van der Waals surface area contributed by atoms with Gasteiger partial charge in [0.25, 0.3) is 0 Å². The molecule has 0 spiro atoms.